The Bertz CT molecular complexity index is 978. The zero-order valence-electron chi connectivity index (χ0n) is 19.5. The Hall–Kier alpha value is -2.40. The monoisotopic (exact) mass is 438 g/mol. The highest BCUT2D eigenvalue weighted by molar-refractivity contribution is 5.62. The quantitative estimate of drug-likeness (QED) is 0.680. The molecule has 2 fully saturated rings. The molecule has 2 aromatic heterocycles. The second kappa shape index (κ2) is 9.22. The third kappa shape index (κ3) is 4.27. The van der Waals surface area contributed by atoms with Crippen LogP contribution in [0.25, 0.3) is 0 Å². The van der Waals surface area contributed by atoms with Crippen molar-refractivity contribution in [3.05, 3.63) is 46.5 Å². The molecule has 2 aromatic rings. The van der Waals surface area contributed by atoms with Gasteiger partial charge in [0.15, 0.2) is 0 Å². The summed E-state index contributed by atoms with van der Waals surface area (Å²) in [4.78, 5) is 9.31. The molecule has 1 aliphatic carbocycles. The molecule has 2 aliphatic rings. The smallest absolute Gasteiger partial charge is 0.147 e. The summed E-state index contributed by atoms with van der Waals surface area (Å²) >= 11 is 0. The summed E-state index contributed by atoms with van der Waals surface area (Å²) in [6.07, 6.45) is 5.34. The molecule has 1 aliphatic heterocycles. The number of furan rings is 1. The second-order valence-corrected chi connectivity index (χ2v) is 9.77. The van der Waals surface area contributed by atoms with Crippen molar-refractivity contribution in [1.29, 1.82) is 5.26 Å². The van der Waals surface area contributed by atoms with Crippen LogP contribution in [-0.4, -0.2) is 45.3 Å². The molecule has 1 saturated heterocycles. The number of piperazine rings is 1. The van der Waals surface area contributed by atoms with Crippen LogP contribution in [0.1, 0.15) is 80.6 Å². The summed E-state index contributed by atoms with van der Waals surface area (Å²) in [7, 11) is 0. The number of nitrogens with zero attached hydrogens (tertiary/aromatic N) is 4. The van der Waals surface area contributed by atoms with Crippen molar-refractivity contribution in [2.75, 3.05) is 18.0 Å². The first-order valence-electron chi connectivity index (χ1n) is 11.6. The summed E-state index contributed by atoms with van der Waals surface area (Å²) in [5, 5.41) is 31.2. The van der Waals surface area contributed by atoms with Crippen LogP contribution >= 0.6 is 0 Å². The minimum atomic E-state index is -0.730. The summed E-state index contributed by atoms with van der Waals surface area (Å²) in [5.74, 6) is 1.48. The topological polar surface area (TPSA) is 96.8 Å². The summed E-state index contributed by atoms with van der Waals surface area (Å²) in [6.45, 7) is 9.70. The number of nitriles is 1. The molecule has 2 N–H and O–H groups in total. The molecule has 0 amide bonds. The van der Waals surface area contributed by atoms with E-state index in [-0.39, 0.29) is 18.7 Å². The Morgan fingerprint density at radius 1 is 1.22 bits per heavy atom. The van der Waals surface area contributed by atoms with Crippen molar-refractivity contribution < 1.29 is 14.6 Å². The van der Waals surface area contributed by atoms with Gasteiger partial charge in [0.05, 0.1) is 30.4 Å². The van der Waals surface area contributed by atoms with E-state index >= 15 is 0 Å². The molecule has 0 radical (unpaired) electrons. The Morgan fingerprint density at radius 3 is 2.53 bits per heavy atom. The van der Waals surface area contributed by atoms with Gasteiger partial charge < -0.3 is 19.5 Å². The molecule has 1 unspecified atom stereocenters. The molecule has 172 valence electrons. The molecule has 0 bridgehead atoms. The zero-order valence-corrected chi connectivity index (χ0v) is 19.5. The molecule has 0 spiro atoms. The lowest BCUT2D eigenvalue weighted by atomic mass is 9.91. The van der Waals surface area contributed by atoms with Crippen molar-refractivity contribution in [2.24, 2.45) is 5.92 Å². The molecule has 7 nitrogen and oxygen atoms in total. The average molecular weight is 439 g/mol. The van der Waals surface area contributed by atoms with Gasteiger partial charge in [-0.15, -0.1) is 0 Å². The first-order chi connectivity index (χ1) is 15.3. The van der Waals surface area contributed by atoms with Crippen LogP contribution in [0, 0.1) is 17.2 Å². The number of hydrogen-bond acceptors (Lipinski definition) is 7. The van der Waals surface area contributed by atoms with Crippen LogP contribution in [0.15, 0.2) is 23.0 Å². The van der Waals surface area contributed by atoms with Crippen molar-refractivity contribution in [3.8, 4) is 6.07 Å². The van der Waals surface area contributed by atoms with Gasteiger partial charge >= 0.3 is 0 Å². The van der Waals surface area contributed by atoms with Crippen LogP contribution in [-0.2, 0) is 13.0 Å². The van der Waals surface area contributed by atoms with Crippen LogP contribution in [0.2, 0.25) is 0 Å². The number of aromatic nitrogens is 1. The Labute approximate surface area is 190 Å². The SMILES string of the molecule is CC(C)Cc1c(C#N)c(N2C[C@@H](C)N(C(O)c3ccoc3)C[C@@H]2C)nc(C2CC2)c1CO. The van der Waals surface area contributed by atoms with Gasteiger partial charge in [-0.25, -0.2) is 4.98 Å². The molecule has 1 saturated carbocycles. The van der Waals surface area contributed by atoms with E-state index in [1.807, 2.05) is 0 Å². The van der Waals surface area contributed by atoms with Gasteiger partial charge in [-0.2, -0.15) is 5.26 Å². The van der Waals surface area contributed by atoms with E-state index < -0.39 is 6.23 Å². The number of anilines is 1. The highest BCUT2D eigenvalue weighted by Gasteiger charge is 2.37. The van der Waals surface area contributed by atoms with E-state index in [2.05, 4.69) is 43.6 Å². The predicted octanol–water partition coefficient (Wildman–Crippen LogP) is 3.70. The van der Waals surface area contributed by atoms with E-state index in [0.717, 1.165) is 47.5 Å². The number of hydrogen-bond donors (Lipinski definition) is 2. The molecular weight excluding hydrogens is 404 g/mol. The fourth-order valence-electron chi connectivity index (χ4n) is 4.91. The van der Waals surface area contributed by atoms with E-state index in [9.17, 15) is 15.5 Å². The third-order valence-electron chi connectivity index (χ3n) is 6.73. The predicted molar refractivity (Wildman–Crippen MR) is 122 cm³/mol. The fourth-order valence-corrected chi connectivity index (χ4v) is 4.91. The van der Waals surface area contributed by atoms with Gasteiger partial charge in [-0.1, -0.05) is 13.8 Å². The summed E-state index contributed by atoms with van der Waals surface area (Å²) in [6, 6.07) is 4.34. The van der Waals surface area contributed by atoms with Crippen LogP contribution < -0.4 is 4.90 Å². The van der Waals surface area contributed by atoms with Gasteiger partial charge in [-0.3, -0.25) is 4.90 Å². The largest absolute Gasteiger partial charge is 0.472 e. The molecule has 0 aromatic carbocycles. The normalized spacial score (nSPS) is 22.9. The lowest BCUT2D eigenvalue weighted by Gasteiger charge is -2.46. The second-order valence-electron chi connectivity index (χ2n) is 9.77. The first-order valence-corrected chi connectivity index (χ1v) is 11.6. The van der Waals surface area contributed by atoms with E-state index in [4.69, 9.17) is 9.40 Å². The fraction of sp³-hybridized carbons (Fsp3) is 0.600. The lowest BCUT2D eigenvalue weighted by molar-refractivity contribution is -0.0356. The molecule has 7 heteroatoms. The Balaban J connectivity index is 1.71. The molecular formula is C25H34N4O3. The standard InChI is InChI=1S/C25H34N4O3/c1-15(2)9-20-21(10-26)24(27-23(18-5-6-18)22(20)13-30)28-11-17(4)29(12-16(28)3)25(31)19-7-8-32-14-19/h7-8,14-18,25,30-31H,5-6,9,11-13H2,1-4H3/t16-,17+,25?/m0/s1. The summed E-state index contributed by atoms with van der Waals surface area (Å²) in [5.41, 5.74) is 4.12. The lowest BCUT2D eigenvalue weighted by Crippen LogP contribution is -2.57. The molecule has 3 heterocycles. The Morgan fingerprint density at radius 2 is 1.97 bits per heavy atom. The number of aliphatic hydroxyl groups excluding tert-OH is 2. The highest BCUT2D eigenvalue weighted by Crippen LogP contribution is 2.44. The van der Waals surface area contributed by atoms with Crippen LogP contribution in [0.4, 0.5) is 5.82 Å². The summed E-state index contributed by atoms with van der Waals surface area (Å²) < 4.78 is 5.15. The maximum absolute atomic E-state index is 10.9. The van der Waals surface area contributed by atoms with Crippen molar-refractivity contribution in [1.82, 2.24) is 9.88 Å². The molecule has 4 rings (SSSR count). The van der Waals surface area contributed by atoms with Crippen molar-refractivity contribution >= 4 is 5.82 Å². The number of aliphatic hydroxyl groups is 2. The van der Waals surface area contributed by atoms with E-state index in [1.54, 1.807) is 18.6 Å². The van der Waals surface area contributed by atoms with Crippen molar-refractivity contribution in [2.45, 2.75) is 77.8 Å². The highest BCUT2D eigenvalue weighted by atomic mass is 16.3. The minimum Gasteiger partial charge on any atom is -0.472 e. The molecule has 3 atom stereocenters. The number of pyridine rings is 1. The van der Waals surface area contributed by atoms with Gasteiger partial charge in [0.25, 0.3) is 0 Å². The third-order valence-corrected chi connectivity index (χ3v) is 6.73. The van der Waals surface area contributed by atoms with E-state index in [0.29, 0.717) is 30.5 Å². The van der Waals surface area contributed by atoms with Crippen LogP contribution in [0.5, 0.6) is 0 Å². The maximum atomic E-state index is 10.9. The first kappa shape index (κ1) is 22.8. The molecule has 32 heavy (non-hydrogen) atoms. The van der Waals surface area contributed by atoms with Crippen molar-refractivity contribution in [3.63, 3.8) is 0 Å². The Kier molecular flexibility index (Phi) is 6.57. The van der Waals surface area contributed by atoms with Gasteiger partial charge in [0.2, 0.25) is 0 Å². The zero-order chi connectivity index (χ0) is 23.0. The van der Waals surface area contributed by atoms with Crippen LogP contribution in [0.3, 0.4) is 0 Å². The van der Waals surface area contributed by atoms with Gasteiger partial charge in [0, 0.05) is 42.2 Å². The maximum Gasteiger partial charge on any atom is 0.147 e. The minimum absolute atomic E-state index is 0.0554. The van der Waals surface area contributed by atoms with Gasteiger partial charge in [0.1, 0.15) is 18.1 Å². The number of rotatable bonds is 7. The van der Waals surface area contributed by atoms with Gasteiger partial charge in [-0.05, 0) is 50.7 Å². The average Bonchev–Trinajstić information content (AvgIpc) is 3.46. The van der Waals surface area contributed by atoms with E-state index in [1.165, 1.54) is 0 Å².